The quantitative estimate of drug-likeness (QED) is 0.791. The van der Waals surface area contributed by atoms with Crippen LogP contribution in [0.15, 0.2) is 24.5 Å². The van der Waals surface area contributed by atoms with Crippen LogP contribution in [-0.4, -0.2) is 89.9 Å². The summed E-state index contributed by atoms with van der Waals surface area (Å²) in [6.45, 7) is 6.97. The molecule has 3 heterocycles. The summed E-state index contributed by atoms with van der Waals surface area (Å²) >= 11 is 0. The van der Waals surface area contributed by atoms with Gasteiger partial charge in [-0.25, -0.2) is 0 Å². The maximum atomic E-state index is 12.7. The Balaban J connectivity index is 1.73. The number of amides is 2. The highest BCUT2D eigenvalue weighted by atomic mass is 16.2. The predicted molar refractivity (Wildman–Crippen MR) is 101 cm³/mol. The average molecular weight is 359 g/mol. The first-order valence-corrected chi connectivity index (χ1v) is 9.22. The molecule has 0 aromatic carbocycles. The van der Waals surface area contributed by atoms with Gasteiger partial charge in [0.05, 0.1) is 30.5 Å². The molecule has 2 aliphatic heterocycles. The number of carbonyl (C=O) groups is 2. The van der Waals surface area contributed by atoms with Gasteiger partial charge in [0.2, 0.25) is 11.8 Å². The Bertz CT molecular complexity index is 665. The summed E-state index contributed by atoms with van der Waals surface area (Å²) in [5, 5.41) is 0. The third kappa shape index (κ3) is 3.59. The van der Waals surface area contributed by atoms with Gasteiger partial charge in [-0.1, -0.05) is 0 Å². The predicted octanol–water partition coefficient (Wildman–Crippen LogP) is 0.671. The lowest BCUT2D eigenvalue weighted by atomic mass is 9.92. The van der Waals surface area contributed by atoms with Gasteiger partial charge in [-0.3, -0.25) is 24.4 Å². The van der Waals surface area contributed by atoms with Crippen LogP contribution in [0.4, 0.5) is 5.69 Å². The van der Waals surface area contributed by atoms with Gasteiger partial charge in [0.1, 0.15) is 0 Å². The highest BCUT2D eigenvalue weighted by molar-refractivity contribution is 5.95. The molecule has 142 valence electrons. The molecule has 0 bridgehead atoms. The molecule has 1 spiro atoms. The Kier molecular flexibility index (Phi) is 5.29. The number of pyridine rings is 1. The van der Waals surface area contributed by atoms with Gasteiger partial charge in [-0.2, -0.15) is 0 Å². The highest BCUT2D eigenvalue weighted by Gasteiger charge is 2.48. The largest absolute Gasteiger partial charge is 0.340 e. The van der Waals surface area contributed by atoms with Crippen molar-refractivity contribution in [1.82, 2.24) is 19.7 Å². The van der Waals surface area contributed by atoms with Gasteiger partial charge in [-0.05, 0) is 46.5 Å². The highest BCUT2D eigenvalue weighted by Crippen LogP contribution is 2.33. The Morgan fingerprint density at radius 2 is 2.15 bits per heavy atom. The van der Waals surface area contributed by atoms with Gasteiger partial charge < -0.3 is 9.80 Å². The molecule has 0 N–H and O–H groups in total. The van der Waals surface area contributed by atoms with E-state index in [-0.39, 0.29) is 17.4 Å². The van der Waals surface area contributed by atoms with Crippen molar-refractivity contribution in [1.29, 1.82) is 0 Å². The van der Waals surface area contributed by atoms with E-state index in [4.69, 9.17) is 0 Å². The Labute approximate surface area is 155 Å². The minimum atomic E-state index is -0.185. The van der Waals surface area contributed by atoms with E-state index >= 15 is 0 Å². The van der Waals surface area contributed by atoms with Crippen molar-refractivity contribution in [3.8, 4) is 0 Å². The molecule has 0 aliphatic carbocycles. The van der Waals surface area contributed by atoms with Crippen molar-refractivity contribution in [2.24, 2.45) is 0 Å². The molecule has 1 aromatic rings. The molecular formula is C19H29N5O2. The molecule has 2 aliphatic rings. The molecule has 2 amide bonds. The molecular weight excluding hydrogens is 330 g/mol. The van der Waals surface area contributed by atoms with Crippen LogP contribution in [0.5, 0.6) is 0 Å². The van der Waals surface area contributed by atoms with Crippen molar-refractivity contribution in [2.45, 2.75) is 31.8 Å². The van der Waals surface area contributed by atoms with Crippen molar-refractivity contribution in [3.63, 3.8) is 0 Å². The number of piperazine rings is 1. The van der Waals surface area contributed by atoms with E-state index in [0.717, 1.165) is 18.7 Å². The fourth-order valence-corrected chi connectivity index (χ4v) is 3.71. The van der Waals surface area contributed by atoms with Crippen LogP contribution in [-0.2, 0) is 9.59 Å². The standard InChI is InChI=1S/C19H29N5O2/c1-15(2)21(3)11-17(25)23-9-7-19(13-23)14-24(18(26)12-22(19)4)16-6-5-8-20-10-16/h5-6,8,10,15H,7,9,11-14H2,1-4H3. The lowest BCUT2D eigenvalue weighted by Gasteiger charge is -2.46. The number of hydrogen-bond acceptors (Lipinski definition) is 5. The molecule has 2 saturated heterocycles. The zero-order valence-corrected chi connectivity index (χ0v) is 16.2. The summed E-state index contributed by atoms with van der Waals surface area (Å²) in [7, 11) is 3.97. The number of likely N-dealkylation sites (tertiary alicyclic amines) is 1. The monoisotopic (exact) mass is 359 g/mol. The van der Waals surface area contributed by atoms with Crippen molar-refractivity contribution >= 4 is 17.5 Å². The molecule has 3 rings (SSSR count). The Morgan fingerprint density at radius 3 is 2.81 bits per heavy atom. The number of nitrogens with zero attached hydrogens (tertiary/aromatic N) is 5. The molecule has 0 radical (unpaired) electrons. The fourth-order valence-electron chi connectivity index (χ4n) is 3.71. The van der Waals surface area contributed by atoms with Crippen LogP contribution in [0, 0.1) is 0 Å². The van der Waals surface area contributed by atoms with Crippen LogP contribution in [0.1, 0.15) is 20.3 Å². The van der Waals surface area contributed by atoms with E-state index in [1.807, 2.05) is 36.0 Å². The Hall–Kier alpha value is -1.99. The zero-order valence-electron chi connectivity index (χ0n) is 16.2. The maximum Gasteiger partial charge on any atom is 0.241 e. The van der Waals surface area contributed by atoms with Crippen LogP contribution >= 0.6 is 0 Å². The van der Waals surface area contributed by atoms with E-state index in [0.29, 0.717) is 32.2 Å². The van der Waals surface area contributed by atoms with E-state index in [9.17, 15) is 9.59 Å². The summed E-state index contributed by atoms with van der Waals surface area (Å²) < 4.78 is 0. The third-order valence-corrected chi connectivity index (χ3v) is 5.84. The second-order valence-electron chi connectivity index (χ2n) is 7.85. The number of aromatic nitrogens is 1. The summed E-state index contributed by atoms with van der Waals surface area (Å²) in [6.07, 6.45) is 4.32. The van der Waals surface area contributed by atoms with Crippen LogP contribution in [0.2, 0.25) is 0 Å². The first kappa shape index (κ1) is 18.8. The van der Waals surface area contributed by atoms with E-state index < -0.39 is 0 Å². The van der Waals surface area contributed by atoms with Crippen molar-refractivity contribution in [3.05, 3.63) is 24.5 Å². The first-order chi connectivity index (χ1) is 12.3. The topological polar surface area (TPSA) is 60.0 Å². The van der Waals surface area contributed by atoms with Gasteiger partial charge >= 0.3 is 0 Å². The first-order valence-electron chi connectivity index (χ1n) is 9.22. The number of rotatable bonds is 4. The number of anilines is 1. The van der Waals surface area contributed by atoms with Gasteiger partial charge in [0.25, 0.3) is 0 Å². The van der Waals surface area contributed by atoms with Gasteiger partial charge in [-0.15, -0.1) is 0 Å². The van der Waals surface area contributed by atoms with Gasteiger partial charge in [0.15, 0.2) is 0 Å². The Morgan fingerprint density at radius 1 is 1.38 bits per heavy atom. The molecule has 7 heteroatoms. The van der Waals surface area contributed by atoms with E-state index in [1.54, 1.807) is 12.4 Å². The van der Waals surface area contributed by atoms with E-state index in [1.165, 1.54) is 0 Å². The van der Waals surface area contributed by atoms with Crippen LogP contribution < -0.4 is 4.90 Å². The SMILES string of the molecule is CC(C)N(C)CC(=O)N1CCC2(C1)CN(c1cccnc1)C(=O)CN2C. The molecule has 1 aromatic heterocycles. The maximum absolute atomic E-state index is 12.7. The molecule has 1 unspecified atom stereocenters. The molecule has 7 nitrogen and oxygen atoms in total. The molecule has 1 atom stereocenters. The number of hydrogen-bond donors (Lipinski definition) is 0. The normalized spacial score (nSPS) is 24.3. The summed E-state index contributed by atoms with van der Waals surface area (Å²) in [5.41, 5.74) is 0.643. The van der Waals surface area contributed by atoms with Crippen LogP contribution in [0.3, 0.4) is 0 Å². The van der Waals surface area contributed by atoms with E-state index in [2.05, 4.69) is 28.6 Å². The van der Waals surface area contributed by atoms with Crippen molar-refractivity contribution in [2.75, 3.05) is 51.7 Å². The smallest absolute Gasteiger partial charge is 0.241 e. The van der Waals surface area contributed by atoms with Gasteiger partial charge in [0, 0.05) is 31.9 Å². The molecule has 26 heavy (non-hydrogen) atoms. The van der Waals surface area contributed by atoms with Crippen LogP contribution in [0.25, 0.3) is 0 Å². The van der Waals surface area contributed by atoms with Crippen molar-refractivity contribution < 1.29 is 9.59 Å². The average Bonchev–Trinajstić information content (AvgIpc) is 3.04. The number of likely N-dealkylation sites (N-methyl/N-ethyl adjacent to an activating group) is 2. The summed E-state index contributed by atoms with van der Waals surface area (Å²) in [4.78, 5) is 37.3. The second-order valence-corrected chi connectivity index (χ2v) is 7.85. The second kappa shape index (κ2) is 7.32. The lowest BCUT2D eigenvalue weighted by Crippen LogP contribution is -2.64. The summed E-state index contributed by atoms with van der Waals surface area (Å²) in [6, 6.07) is 4.10. The minimum absolute atomic E-state index is 0.0791. The zero-order chi connectivity index (χ0) is 18.9. The number of carbonyl (C=O) groups excluding carboxylic acids is 2. The molecule has 2 fully saturated rings. The lowest BCUT2D eigenvalue weighted by molar-refractivity contribution is -0.132. The molecule has 0 saturated carbocycles. The fraction of sp³-hybridized carbons (Fsp3) is 0.632. The summed E-state index contributed by atoms with van der Waals surface area (Å²) in [5.74, 6) is 0.242. The third-order valence-electron chi connectivity index (χ3n) is 5.84. The minimum Gasteiger partial charge on any atom is -0.340 e.